The maximum Gasteiger partial charge on any atom is 0.252 e. The Morgan fingerprint density at radius 2 is 2.23 bits per heavy atom. The molecule has 22 heavy (non-hydrogen) atoms. The predicted octanol–water partition coefficient (Wildman–Crippen LogP) is 2.06. The van der Waals surface area contributed by atoms with Crippen LogP contribution in [0.4, 0.5) is 0 Å². The zero-order valence-corrected chi connectivity index (χ0v) is 14.6. The molecular formula is C15H24N2O3S2. The van der Waals surface area contributed by atoms with Crippen molar-refractivity contribution in [2.75, 3.05) is 26.7 Å². The molecule has 1 aliphatic heterocycles. The van der Waals surface area contributed by atoms with Gasteiger partial charge in [0.05, 0.1) is 5.60 Å². The normalized spacial score (nSPS) is 24.5. The number of hydrogen-bond donors (Lipinski definition) is 1. The van der Waals surface area contributed by atoms with Gasteiger partial charge >= 0.3 is 0 Å². The van der Waals surface area contributed by atoms with Gasteiger partial charge in [0.2, 0.25) is 0 Å². The van der Waals surface area contributed by atoms with E-state index in [9.17, 15) is 8.42 Å². The van der Waals surface area contributed by atoms with Crippen LogP contribution in [-0.2, 0) is 14.8 Å². The lowest BCUT2D eigenvalue weighted by Crippen LogP contribution is -2.48. The first kappa shape index (κ1) is 16.4. The van der Waals surface area contributed by atoms with Crippen molar-refractivity contribution < 1.29 is 13.2 Å². The Morgan fingerprint density at radius 3 is 2.91 bits per heavy atom. The molecule has 0 aromatic carbocycles. The second-order valence-corrected chi connectivity index (χ2v) is 9.39. The number of likely N-dealkylation sites (N-methyl/N-ethyl adjacent to an activating group) is 1. The summed E-state index contributed by atoms with van der Waals surface area (Å²) >= 11 is 1.26. The highest BCUT2D eigenvalue weighted by Crippen LogP contribution is 2.40. The molecule has 1 saturated carbocycles. The summed E-state index contributed by atoms with van der Waals surface area (Å²) in [6.07, 6.45) is 5.78. The molecule has 2 aliphatic rings. The van der Waals surface area contributed by atoms with Crippen LogP contribution in [0.5, 0.6) is 0 Å². The molecular weight excluding hydrogens is 320 g/mol. The lowest BCUT2D eigenvalue weighted by atomic mass is 9.92. The summed E-state index contributed by atoms with van der Waals surface area (Å²) in [4.78, 5) is 0. The van der Waals surface area contributed by atoms with E-state index in [1.807, 2.05) is 0 Å². The van der Waals surface area contributed by atoms with Gasteiger partial charge in [0.25, 0.3) is 10.0 Å². The summed E-state index contributed by atoms with van der Waals surface area (Å²) in [5, 5.41) is 5.33. The average molecular weight is 345 g/mol. The van der Waals surface area contributed by atoms with Crippen molar-refractivity contribution in [1.82, 2.24) is 9.62 Å². The molecule has 2 fully saturated rings. The quantitative estimate of drug-likeness (QED) is 0.858. The van der Waals surface area contributed by atoms with Crippen molar-refractivity contribution in [2.24, 2.45) is 0 Å². The highest BCUT2D eigenvalue weighted by atomic mass is 32.2. The maximum atomic E-state index is 12.4. The van der Waals surface area contributed by atoms with Gasteiger partial charge in [-0.1, -0.05) is 18.9 Å². The monoisotopic (exact) mass is 344 g/mol. The number of hydrogen-bond acceptors (Lipinski definition) is 5. The number of thiophene rings is 1. The van der Waals surface area contributed by atoms with Gasteiger partial charge in [0.1, 0.15) is 4.21 Å². The van der Waals surface area contributed by atoms with E-state index in [4.69, 9.17) is 4.74 Å². The third-order valence-electron chi connectivity index (χ3n) is 4.86. The van der Waals surface area contributed by atoms with Gasteiger partial charge in [-0.3, -0.25) is 0 Å². The molecule has 1 spiro atoms. The summed E-state index contributed by atoms with van der Waals surface area (Å²) in [6.45, 7) is 1.96. The molecule has 1 aromatic rings. The van der Waals surface area contributed by atoms with E-state index in [-0.39, 0.29) is 5.60 Å². The third-order valence-corrected chi connectivity index (χ3v) is 8.09. The van der Waals surface area contributed by atoms with E-state index in [1.165, 1.54) is 28.5 Å². The molecule has 1 aromatic heterocycles. The van der Waals surface area contributed by atoms with E-state index < -0.39 is 10.0 Å². The Bertz CT molecular complexity index is 574. The Hall–Kier alpha value is -0.470. The number of nitrogens with one attached hydrogen (secondary N) is 1. The molecule has 0 amide bonds. The number of sulfonamides is 1. The van der Waals surface area contributed by atoms with Gasteiger partial charge in [0, 0.05) is 32.8 Å². The minimum Gasteiger partial charge on any atom is -0.373 e. The Kier molecular flexibility index (Phi) is 4.89. The molecule has 124 valence electrons. The van der Waals surface area contributed by atoms with Crippen LogP contribution in [0.3, 0.4) is 0 Å². The molecule has 1 saturated heterocycles. The molecule has 0 bridgehead atoms. The molecule has 1 aliphatic carbocycles. The summed E-state index contributed by atoms with van der Waals surface area (Å²) in [6, 6.07) is 3.79. The first-order valence-corrected chi connectivity index (χ1v) is 10.2. The summed E-state index contributed by atoms with van der Waals surface area (Å²) in [7, 11) is -1.69. The van der Waals surface area contributed by atoms with Crippen molar-refractivity contribution >= 4 is 21.4 Å². The SMILES string of the molecule is CN(CCNC1CCOC12CCCC2)S(=O)(=O)c1cccs1. The average Bonchev–Trinajstić information content (AvgIpc) is 3.23. The third kappa shape index (κ3) is 3.10. The Morgan fingerprint density at radius 1 is 1.45 bits per heavy atom. The largest absolute Gasteiger partial charge is 0.373 e. The molecule has 0 radical (unpaired) electrons. The van der Waals surface area contributed by atoms with Crippen LogP contribution in [0, 0.1) is 0 Å². The van der Waals surface area contributed by atoms with Crippen LogP contribution < -0.4 is 5.32 Å². The minimum absolute atomic E-state index is 0.0190. The van der Waals surface area contributed by atoms with E-state index in [1.54, 1.807) is 24.6 Å². The van der Waals surface area contributed by atoms with Gasteiger partial charge < -0.3 is 10.1 Å². The predicted molar refractivity (Wildman–Crippen MR) is 87.7 cm³/mol. The van der Waals surface area contributed by atoms with E-state index in [2.05, 4.69) is 5.32 Å². The van der Waals surface area contributed by atoms with Gasteiger partial charge in [-0.25, -0.2) is 8.42 Å². The minimum atomic E-state index is -3.34. The van der Waals surface area contributed by atoms with Crippen molar-refractivity contribution in [3.63, 3.8) is 0 Å². The van der Waals surface area contributed by atoms with Crippen molar-refractivity contribution in [3.05, 3.63) is 17.5 Å². The zero-order chi connectivity index (χ0) is 15.6. The van der Waals surface area contributed by atoms with E-state index >= 15 is 0 Å². The van der Waals surface area contributed by atoms with Gasteiger partial charge in [0.15, 0.2) is 0 Å². The second kappa shape index (κ2) is 6.57. The zero-order valence-electron chi connectivity index (χ0n) is 13.0. The molecule has 1 atom stereocenters. The summed E-state index contributed by atoms with van der Waals surface area (Å²) in [5.41, 5.74) is 0.0190. The molecule has 5 nitrogen and oxygen atoms in total. The Labute approximate surface area is 136 Å². The standard InChI is InChI=1S/C15H24N2O3S2/c1-17(22(18,19)14-5-4-12-21-14)10-9-16-13-6-11-20-15(13)7-2-3-8-15/h4-5,12-13,16H,2-3,6-11H2,1H3. The fourth-order valence-electron chi connectivity index (χ4n) is 3.58. The van der Waals surface area contributed by atoms with Gasteiger partial charge in [-0.05, 0) is 30.7 Å². The van der Waals surface area contributed by atoms with E-state index in [0.717, 1.165) is 25.9 Å². The first-order chi connectivity index (χ1) is 10.5. The highest BCUT2D eigenvalue weighted by Gasteiger charge is 2.45. The van der Waals surface area contributed by atoms with Crippen LogP contribution >= 0.6 is 11.3 Å². The molecule has 3 rings (SSSR count). The number of ether oxygens (including phenoxy) is 1. The van der Waals surface area contributed by atoms with E-state index in [0.29, 0.717) is 23.3 Å². The topological polar surface area (TPSA) is 58.6 Å². The van der Waals surface area contributed by atoms with Gasteiger partial charge in [-0.15, -0.1) is 11.3 Å². The maximum absolute atomic E-state index is 12.4. The molecule has 1 unspecified atom stereocenters. The van der Waals surface area contributed by atoms with Crippen molar-refractivity contribution in [3.8, 4) is 0 Å². The smallest absolute Gasteiger partial charge is 0.252 e. The van der Waals surface area contributed by atoms with Crippen LogP contribution in [0.25, 0.3) is 0 Å². The lowest BCUT2D eigenvalue weighted by molar-refractivity contribution is -0.00453. The Balaban J connectivity index is 1.53. The number of rotatable bonds is 6. The fraction of sp³-hybridized carbons (Fsp3) is 0.733. The van der Waals surface area contributed by atoms with Crippen LogP contribution in [0.1, 0.15) is 32.1 Å². The van der Waals surface area contributed by atoms with Gasteiger partial charge in [-0.2, -0.15) is 4.31 Å². The van der Waals surface area contributed by atoms with Crippen LogP contribution in [-0.4, -0.2) is 51.1 Å². The fourth-order valence-corrected chi connectivity index (χ4v) is 5.95. The molecule has 1 N–H and O–H groups in total. The highest BCUT2D eigenvalue weighted by molar-refractivity contribution is 7.91. The summed E-state index contributed by atoms with van der Waals surface area (Å²) in [5.74, 6) is 0. The molecule has 2 heterocycles. The van der Waals surface area contributed by atoms with Crippen molar-refractivity contribution in [2.45, 2.75) is 48.0 Å². The molecule has 7 heteroatoms. The summed E-state index contributed by atoms with van der Waals surface area (Å²) < 4.78 is 32.6. The first-order valence-electron chi connectivity index (χ1n) is 7.92. The number of nitrogens with zero attached hydrogens (tertiary/aromatic N) is 1. The van der Waals surface area contributed by atoms with Crippen LogP contribution in [0.2, 0.25) is 0 Å². The lowest BCUT2D eigenvalue weighted by Gasteiger charge is -2.31. The van der Waals surface area contributed by atoms with Crippen molar-refractivity contribution in [1.29, 1.82) is 0 Å². The van der Waals surface area contributed by atoms with Crippen LogP contribution in [0.15, 0.2) is 21.7 Å². The second-order valence-electron chi connectivity index (χ2n) is 6.17.